The molecular formula is C14H28N2O. The first-order chi connectivity index (χ1) is 8.02. The highest BCUT2D eigenvalue weighted by Gasteiger charge is 2.35. The van der Waals surface area contributed by atoms with Gasteiger partial charge >= 0.3 is 0 Å². The van der Waals surface area contributed by atoms with Crippen LogP contribution in [0.5, 0.6) is 0 Å². The van der Waals surface area contributed by atoms with E-state index in [1.54, 1.807) is 0 Å². The molecule has 3 unspecified atom stereocenters. The summed E-state index contributed by atoms with van der Waals surface area (Å²) in [6, 6.07) is 0.417. The Morgan fingerprint density at radius 1 is 1.35 bits per heavy atom. The summed E-state index contributed by atoms with van der Waals surface area (Å²) in [5.41, 5.74) is 6.20. The molecule has 0 saturated heterocycles. The predicted molar refractivity (Wildman–Crippen MR) is 71.6 cm³/mol. The quantitative estimate of drug-likeness (QED) is 0.820. The molecule has 0 spiro atoms. The Bertz CT molecular complexity index is 251. The lowest BCUT2D eigenvalue weighted by Gasteiger charge is -2.37. The van der Waals surface area contributed by atoms with Crippen molar-refractivity contribution in [3.63, 3.8) is 0 Å². The fraction of sp³-hybridized carbons (Fsp3) is 0.929. The number of nitrogens with zero attached hydrogens (tertiary/aromatic N) is 1. The Balaban J connectivity index is 2.67. The summed E-state index contributed by atoms with van der Waals surface area (Å²) in [5, 5.41) is 0. The molecular weight excluding hydrogens is 212 g/mol. The number of hydrogen-bond acceptors (Lipinski definition) is 2. The van der Waals surface area contributed by atoms with Crippen molar-refractivity contribution < 1.29 is 4.79 Å². The molecule has 0 aromatic heterocycles. The summed E-state index contributed by atoms with van der Waals surface area (Å²) in [7, 11) is 1.94. The van der Waals surface area contributed by atoms with E-state index in [0.717, 1.165) is 25.7 Å². The lowest BCUT2D eigenvalue weighted by atomic mass is 9.77. The Morgan fingerprint density at radius 3 is 2.47 bits per heavy atom. The highest BCUT2D eigenvalue weighted by atomic mass is 16.2. The van der Waals surface area contributed by atoms with Crippen LogP contribution in [0.15, 0.2) is 0 Å². The number of carbonyl (C=O) groups excluding carboxylic acids is 1. The van der Waals surface area contributed by atoms with Crippen LogP contribution in [0.2, 0.25) is 0 Å². The maximum Gasteiger partial charge on any atom is 0.227 e. The van der Waals surface area contributed by atoms with E-state index in [1.807, 2.05) is 11.9 Å². The second kappa shape index (κ2) is 6.39. The van der Waals surface area contributed by atoms with Gasteiger partial charge in [-0.05, 0) is 31.6 Å². The first-order valence-electron chi connectivity index (χ1n) is 7.05. The minimum atomic E-state index is 0.0457. The smallest absolute Gasteiger partial charge is 0.227 e. The standard InChI is InChI=1S/C14H28N2O/c1-5-11(6-2)16(4)14(17)12-9-7-8-10(3)13(12)15/h10-13H,5-9,15H2,1-4H3. The van der Waals surface area contributed by atoms with Crippen LogP contribution in [0.4, 0.5) is 0 Å². The highest BCUT2D eigenvalue weighted by Crippen LogP contribution is 2.29. The maximum atomic E-state index is 12.5. The highest BCUT2D eigenvalue weighted by molar-refractivity contribution is 5.79. The molecule has 0 aromatic carbocycles. The van der Waals surface area contributed by atoms with Crippen molar-refractivity contribution in [3.8, 4) is 0 Å². The molecule has 1 aliphatic rings. The third-order valence-corrected chi connectivity index (χ3v) is 4.45. The molecule has 1 saturated carbocycles. The molecule has 0 aromatic rings. The number of carbonyl (C=O) groups is 1. The zero-order chi connectivity index (χ0) is 13.0. The fourth-order valence-corrected chi connectivity index (χ4v) is 3.01. The largest absolute Gasteiger partial charge is 0.343 e. The lowest BCUT2D eigenvalue weighted by molar-refractivity contribution is -0.138. The number of hydrogen-bond donors (Lipinski definition) is 1. The first-order valence-corrected chi connectivity index (χ1v) is 7.05. The van der Waals surface area contributed by atoms with Gasteiger partial charge in [-0.15, -0.1) is 0 Å². The van der Waals surface area contributed by atoms with E-state index in [0.29, 0.717) is 12.0 Å². The van der Waals surface area contributed by atoms with Gasteiger partial charge in [0, 0.05) is 19.1 Å². The molecule has 0 aliphatic heterocycles. The summed E-state index contributed by atoms with van der Waals surface area (Å²) >= 11 is 0. The van der Waals surface area contributed by atoms with Gasteiger partial charge < -0.3 is 10.6 Å². The average molecular weight is 240 g/mol. The van der Waals surface area contributed by atoms with Gasteiger partial charge in [0.25, 0.3) is 0 Å². The molecule has 1 rings (SSSR count). The van der Waals surface area contributed by atoms with Crippen LogP contribution in [0.3, 0.4) is 0 Å². The molecule has 100 valence electrons. The molecule has 3 atom stereocenters. The summed E-state index contributed by atoms with van der Waals surface area (Å²) in [5.74, 6) is 0.787. The van der Waals surface area contributed by atoms with E-state index in [9.17, 15) is 4.79 Å². The topological polar surface area (TPSA) is 46.3 Å². The number of rotatable bonds is 4. The van der Waals surface area contributed by atoms with E-state index in [4.69, 9.17) is 5.73 Å². The predicted octanol–water partition coefficient (Wildman–Crippen LogP) is 2.40. The van der Waals surface area contributed by atoms with Crippen LogP contribution >= 0.6 is 0 Å². The summed E-state index contributed by atoms with van der Waals surface area (Å²) in [6.45, 7) is 6.45. The van der Waals surface area contributed by atoms with Crippen LogP contribution in [0, 0.1) is 11.8 Å². The first kappa shape index (κ1) is 14.5. The van der Waals surface area contributed by atoms with Crippen LogP contribution in [0.1, 0.15) is 52.9 Å². The van der Waals surface area contributed by atoms with Crippen molar-refractivity contribution in [1.29, 1.82) is 0 Å². The van der Waals surface area contributed by atoms with Gasteiger partial charge in [0.05, 0.1) is 5.92 Å². The summed E-state index contributed by atoms with van der Waals surface area (Å²) < 4.78 is 0. The second-order valence-electron chi connectivity index (χ2n) is 5.51. The normalized spacial score (nSPS) is 29.4. The molecule has 1 amide bonds. The Labute approximate surface area is 106 Å². The van der Waals surface area contributed by atoms with Crippen molar-refractivity contribution in [1.82, 2.24) is 4.90 Å². The van der Waals surface area contributed by atoms with E-state index in [1.165, 1.54) is 6.42 Å². The molecule has 1 aliphatic carbocycles. The zero-order valence-corrected chi connectivity index (χ0v) is 11.8. The van der Waals surface area contributed by atoms with Gasteiger partial charge in [-0.25, -0.2) is 0 Å². The average Bonchev–Trinajstić information content (AvgIpc) is 2.33. The Morgan fingerprint density at radius 2 is 1.94 bits per heavy atom. The van der Waals surface area contributed by atoms with Crippen molar-refractivity contribution in [2.75, 3.05) is 7.05 Å². The number of nitrogens with two attached hydrogens (primary N) is 1. The molecule has 3 nitrogen and oxygen atoms in total. The van der Waals surface area contributed by atoms with Crippen molar-refractivity contribution in [3.05, 3.63) is 0 Å². The van der Waals surface area contributed by atoms with Crippen LogP contribution in [-0.2, 0) is 4.79 Å². The second-order valence-corrected chi connectivity index (χ2v) is 5.51. The minimum Gasteiger partial charge on any atom is -0.343 e. The minimum absolute atomic E-state index is 0.0457. The third kappa shape index (κ3) is 3.21. The molecule has 0 bridgehead atoms. The number of amides is 1. The van der Waals surface area contributed by atoms with Gasteiger partial charge in [-0.1, -0.05) is 27.2 Å². The van der Waals surface area contributed by atoms with E-state index < -0.39 is 0 Å². The Hall–Kier alpha value is -0.570. The van der Waals surface area contributed by atoms with Crippen molar-refractivity contribution in [2.24, 2.45) is 17.6 Å². The van der Waals surface area contributed by atoms with Crippen molar-refractivity contribution in [2.45, 2.75) is 65.0 Å². The molecule has 1 fully saturated rings. The molecule has 0 heterocycles. The van der Waals surface area contributed by atoms with Crippen LogP contribution in [0.25, 0.3) is 0 Å². The van der Waals surface area contributed by atoms with E-state index in [2.05, 4.69) is 20.8 Å². The van der Waals surface area contributed by atoms with Crippen LogP contribution < -0.4 is 5.73 Å². The van der Waals surface area contributed by atoms with E-state index in [-0.39, 0.29) is 17.9 Å². The third-order valence-electron chi connectivity index (χ3n) is 4.45. The maximum absolute atomic E-state index is 12.5. The SMILES string of the molecule is CCC(CC)N(C)C(=O)C1CCCC(C)C1N. The molecule has 0 radical (unpaired) electrons. The molecule has 3 heteroatoms. The summed E-state index contributed by atoms with van der Waals surface area (Å²) in [4.78, 5) is 14.4. The summed E-state index contributed by atoms with van der Waals surface area (Å²) in [6.07, 6.45) is 5.32. The zero-order valence-electron chi connectivity index (χ0n) is 11.8. The fourth-order valence-electron chi connectivity index (χ4n) is 3.01. The molecule has 17 heavy (non-hydrogen) atoms. The molecule has 2 N–H and O–H groups in total. The van der Waals surface area contributed by atoms with Crippen LogP contribution in [-0.4, -0.2) is 29.9 Å². The lowest BCUT2D eigenvalue weighted by Crippen LogP contribution is -2.50. The van der Waals surface area contributed by atoms with Gasteiger partial charge in [0.2, 0.25) is 5.91 Å². The van der Waals surface area contributed by atoms with Crippen molar-refractivity contribution >= 4 is 5.91 Å². The van der Waals surface area contributed by atoms with Gasteiger partial charge in [-0.2, -0.15) is 0 Å². The monoisotopic (exact) mass is 240 g/mol. The van der Waals surface area contributed by atoms with E-state index >= 15 is 0 Å². The van der Waals surface area contributed by atoms with Gasteiger partial charge in [0.15, 0.2) is 0 Å². The van der Waals surface area contributed by atoms with Gasteiger partial charge in [-0.3, -0.25) is 4.79 Å². The Kier molecular flexibility index (Phi) is 5.44. The van der Waals surface area contributed by atoms with Gasteiger partial charge in [0.1, 0.15) is 0 Å².